The summed E-state index contributed by atoms with van der Waals surface area (Å²) in [4.78, 5) is 21.5. The van der Waals surface area contributed by atoms with Gasteiger partial charge in [-0.05, 0) is 48.5 Å². The predicted molar refractivity (Wildman–Crippen MR) is 133 cm³/mol. The van der Waals surface area contributed by atoms with E-state index >= 15 is 0 Å². The van der Waals surface area contributed by atoms with Crippen LogP contribution in [0.25, 0.3) is 22.3 Å². The molecule has 0 aromatic heterocycles. The Kier molecular flexibility index (Phi) is 6.58. The van der Waals surface area contributed by atoms with Crippen LogP contribution in [0.1, 0.15) is 0 Å². The van der Waals surface area contributed by atoms with E-state index in [0.29, 0.717) is 0 Å². The summed E-state index contributed by atoms with van der Waals surface area (Å²) in [6, 6.07) is 19.5. The highest BCUT2D eigenvalue weighted by atomic mass is 35.5. The fourth-order valence-corrected chi connectivity index (χ4v) is 5.36. The summed E-state index contributed by atoms with van der Waals surface area (Å²) < 4.78 is 27.0. The Morgan fingerprint density at radius 3 is 1.31 bits per heavy atom. The average molecular weight is 529 g/mol. The number of nitrogens with zero attached hydrogens (tertiary/aromatic N) is 2. The van der Waals surface area contributed by atoms with Crippen LogP contribution in [0.3, 0.4) is 0 Å². The molecular weight excluding hydrogens is 515 g/mol. The maximum Gasteiger partial charge on any atom is 0.277 e. The van der Waals surface area contributed by atoms with Crippen LogP contribution in [-0.2, 0) is 9.84 Å². The van der Waals surface area contributed by atoms with E-state index in [9.17, 15) is 28.6 Å². The number of hydrogen-bond acceptors (Lipinski definition) is 6. The lowest BCUT2D eigenvalue weighted by Crippen LogP contribution is -2.03. The van der Waals surface area contributed by atoms with Crippen LogP contribution in [0.4, 0.5) is 11.4 Å². The molecule has 0 heterocycles. The first-order valence-corrected chi connectivity index (χ1v) is 12.2. The molecule has 35 heavy (non-hydrogen) atoms. The van der Waals surface area contributed by atoms with Crippen molar-refractivity contribution in [3.05, 3.63) is 115 Å². The van der Waals surface area contributed by atoms with E-state index in [1.807, 2.05) is 0 Å². The topological polar surface area (TPSA) is 120 Å². The number of hydrogen-bond donors (Lipinski definition) is 0. The Morgan fingerprint density at radius 2 is 0.943 bits per heavy atom. The highest BCUT2D eigenvalue weighted by molar-refractivity contribution is 7.91. The second kappa shape index (κ2) is 9.46. The first-order chi connectivity index (χ1) is 16.6. The molecule has 4 aromatic carbocycles. The minimum atomic E-state index is -4.16. The molecule has 0 saturated heterocycles. The first kappa shape index (κ1) is 24.3. The molecular formula is C24H14Cl2N2O6S. The van der Waals surface area contributed by atoms with Crippen LogP contribution in [0.15, 0.2) is 94.7 Å². The van der Waals surface area contributed by atoms with Crippen LogP contribution in [0.2, 0.25) is 10.0 Å². The van der Waals surface area contributed by atoms with E-state index in [0.717, 1.165) is 0 Å². The maximum atomic E-state index is 13.5. The number of benzene rings is 4. The largest absolute Gasteiger partial charge is 0.277 e. The lowest BCUT2D eigenvalue weighted by molar-refractivity contribution is -0.384. The zero-order valence-electron chi connectivity index (χ0n) is 17.6. The minimum absolute atomic E-state index is 0.134. The van der Waals surface area contributed by atoms with Crippen molar-refractivity contribution in [3.8, 4) is 22.3 Å². The van der Waals surface area contributed by atoms with Gasteiger partial charge in [0, 0.05) is 33.3 Å². The van der Waals surface area contributed by atoms with Gasteiger partial charge in [0.05, 0.1) is 30.8 Å². The van der Waals surface area contributed by atoms with Gasteiger partial charge in [0.2, 0.25) is 9.84 Å². The molecule has 0 radical (unpaired) electrons. The highest BCUT2D eigenvalue weighted by Gasteiger charge is 2.25. The quantitative estimate of drug-likeness (QED) is 0.196. The lowest BCUT2D eigenvalue weighted by atomic mass is 10.0. The summed E-state index contributed by atoms with van der Waals surface area (Å²) in [5.41, 5.74) is 0.219. The molecule has 8 nitrogen and oxygen atoms in total. The number of sulfone groups is 1. The Bertz CT molecular complexity index is 1490. The molecule has 0 fully saturated rings. The second-order valence-corrected chi connectivity index (χ2v) is 10.1. The van der Waals surface area contributed by atoms with E-state index in [-0.39, 0.29) is 53.5 Å². The number of rotatable bonds is 6. The molecule has 0 N–H and O–H groups in total. The van der Waals surface area contributed by atoms with Crippen molar-refractivity contribution in [1.29, 1.82) is 0 Å². The third-order valence-electron chi connectivity index (χ3n) is 5.28. The molecule has 0 unspecified atom stereocenters. The summed E-state index contributed by atoms with van der Waals surface area (Å²) in [5, 5.41) is 23.2. The number of nitro groups is 2. The minimum Gasteiger partial charge on any atom is -0.258 e. The van der Waals surface area contributed by atoms with Gasteiger partial charge < -0.3 is 0 Å². The zero-order chi connectivity index (χ0) is 25.3. The molecule has 11 heteroatoms. The fraction of sp³-hybridized carbons (Fsp3) is 0. The summed E-state index contributed by atoms with van der Waals surface area (Å²) in [5.74, 6) is 0. The predicted octanol–water partition coefficient (Wildman–Crippen LogP) is 6.98. The van der Waals surface area contributed by atoms with Gasteiger partial charge in [0.1, 0.15) is 0 Å². The molecule has 0 spiro atoms. The Balaban J connectivity index is 1.87. The molecule has 0 bridgehead atoms. The molecule has 0 atom stereocenters. The van der Waals surface area contributed by atoms with Crippen molar-refractivity contribution >= 4 is 44.4 Å². The summed E-state index contributed by atoms with van der Waals surface area (Å²) in [6.07, 6.45) is 0. The van der Waals surface area contributed by atoms with E-state index in [1.54, 1.807) is 12.1 Å². The zero-order valence-corrected chi connectivity index (χ0v) is 19.9. The second-order valence-electron chi connectivity index (χ2n) is 7.34. The normalized spacial score (nSPS) is 11.3. The Morgan fingerprint density at radius 1 is 0.571 bits per heavy atom. The standard InChI is InChI=1S/C24H14Cl2N2O6S/c25-21-11-9-15(13-19(21)17-5-1-3-7-23(17)27(29)30)35(33,34)16-10-12-22(26)20(14-16)18-6-2-4-8-24(18)28(31)32/h1-14H. The van der Waals surface area contributed by atoms with Crippen LogP contribution >= 0.6 is 23.2 Å². The summed E-state index contributed by atoms with van der Waals surface area (Å²) >= 11 is 12.6. The molecule has 176 valence electrons. The van der Waals surface area contributed by atoms with Gasteiger partial charge in [-0.2, -0.15) is 0 Å². The van der Waals surface area contributed by atoms with Gasteiger partial charge in [-0.25, -0.2) is 8.42 Å². The van der Waals surface area contributed by atoms with Gasteiger partial charge in [-0.15, -0.1) is 0 Å². The third-order valence-corrected chi connectivity index (χ3v) is 7.69. The Hall–Kier alpha value is -3.79. The van der Waals surface area contributed by atoms with Gasteiger partial charge in [0.15, 0.2) is 0 Å². The molecule has 0 saturated carbocycles. The van der Waals surface area contributed by atoms with Gasteiger partial charge >= 0.3 is 0 Å². The van der Waals surface area contributed by atoms with Gasteiger partial charge in [-0.3, -0.25) is 20.2 Å². The van der Waals surface area contributed by atoms with Crippen molar-refractivity contribution in [3.63, 3.8) is 0 Å². The van der Waals surface area contributed by atoms with E-state index in [1.165, 1.54) is 72.8 Å². The van der Waals surface area contributed by atoms with E-state index < -0.39 is 19.7 Å². The third kappa shape index (κ3) is 4.61. The van der Waals surface area contributed by atoms with Crippen molar-refractivity contribution in [2.45, 2.75) is 9.79 Å². The molecule has 4 aromatic rings. The molecule has 0 aliphatic rings. The lowest BCUT2D eigenvalue weighted by Gasteiger charge is -2.12. The van der Waals surface area contributed by atoms with Crippen molar-refractivity contribution < 1.29 is 18.3 Å². The molecule has 0 amide bonds. The van der Waals surface area contributed by atoms with Crippen molar-refractivity contribution in [2.24, 2.45) is 0 Å². The van der Waals surface area contributed by atoms with Crippen LogP contribution in [0.5, 0.6) is 0 Å². The Labute approximate surface area is 209 Å². The fourth-order valence-electron chi connectivity index (χ4n) is 3.61. The van der Waals surface area contributed by atoms with Gasteiger partial charge in [-0.1, -0.05) is 47.5 Å². The highest BCUT2D eigenvalue weighted by Crippen LogP contribution is 2.39. The number of nitro benzene ring substituents is 2. The van der Waals surface area contributed by atoms with E-state index in [2.05, 4.69) is 0 Å². The van der Waals surface area contributed by atoms with Crippen molar-refractivity contribution in [2.75, 3.05) is 0 Å². The van der Waals surface area contributed by atoms with E-state index in [4.69, 9.17) is 23.2 Å². The van der Waals surface area contributed by atoms with Gasteiger partial charge in [0.25, 0.3) is 11.4 Å². The van der Waals surface area contributed by atoms with Crippen LogP contribution in [0, 0.1) is 20.2 Å². The molecule has 0 aliphatic carbocycles. The molecule has 0 aliphatic heterocycles. The maximum absolute atomic E-state index is 13.5. The average Bonchev–Trinajstić information content (AvgIpc) is 2.84. The number of para-hydroxylation sites is 2. The van der Waals surface area contributed by atoms with Crippen molar-refractivity contribution in [1.82, 2.24) is 0 Å². The monoisotopic (exact) mass is 528 g/mol. The molecule has 4 rings (SSSR count). The summed E-state index contributed by atoms with van der Waals surface area (Å²) in [7, 11) is -4.16. The van der Waals surface area contributed by atoms with Crippen LogP contribution < -0.4 is 0 Å². The summed E-state index contributed by atoms with van der Waals surface area (Å²) in [6.45, 7) is 0. The first-order valence-electron chi connectivity index (χ1n) is 9.93. The smallest absolute Gasteiger partial charge is 0.258 e. The SMILES string of the molecule is O=[N+]([O-])c1ccccc1-c1cc(S(=O)(=O)c2ccc(Cl)c(-c3ccccc3[N+](=O)[O-])c2)ccc1Cl. The number of halogens is 2. The van der Waals surface area contributed by atoms with Crippen LogP contribution in [-0.4, -0.2) is 18.3 Å².